The van der Waals surface area contributed by atoms with E-state index in [0.29, 0.717) is 29.9 Å². The number of benzene rings is 4. The van der Waals surface area contributed by atoms with Gasteiger partial charge in [-0.25, -0.2) is 4.98 Å². The molecule has 1 aromatic heterocycles. The molecule has 0 spiro atoms. The number of amides is 1. The van der Waals surface area contributed by atoms with Crippen molar-refractivity contribution >= 4 is 61.4 Å². The van der Waals surface area contributed by atoms with E-state index in [1.807, 2.05) is 0 Å². The first-order valence-corrected chi connectivity index (χ1v) is 14.6. The summed E-state index contributed by atoms with van der Waals surface area (Å²) in [6, 6.07) is 10.8. The number of carbonyl (C=O) groups excluding carboxylic acids is 1. The van der Waals surface area contributed by atoms with Crippen LogP contribution in [0.25, 0.3) is 55.5 Å². The van der Waals surface area contributed by atoms with E-state index in [2.05, 4.69) is 92.0 Å². The number of methoxy groups -OCH3 is 1. The van der Waals surface area contributed by atoms with Crippen LogP contribution in [0.15, 0.2) is 71.9 Å². The van der Waals surface area contributed by atoms with Gasteiger partial charge in [-0.05, 0) is 76.2 Å². The maximum atomic E-state index is 14.2. The Labute approximate surface area is 243 Å². The molecule has 0 bridgehead atoms. The van der Waals surface area contributed by atoms with Crippen LogP contribution in [-0.2, 0) is 6.42 Å². The summed E-state index contributed by atoms with van der Waals surface area (Å²) < 4.78 is 6.17. The van der Waals surface area contributed by atoms with Gasteiger partial charge >= 0.3 is 0 Å². The third-order valence-electron chi connectivity index (χ3n) is 9.28. The van der Waals surface area contributed by atoms with Crippen LogP contribution in [0.1, 0.15) is 45.5 Å². The van der Waals surface area contributed by atoms with Crippen molar-refractivity contribution in [3.8, 4) is 5.75 Å². The molecule has 5 heteroatoms. The minimum absolute atomic E-state index is 0.143. The van der Waals surface area contributed by atoms with Gasteiger partial charge in [-0.1, -0.05) is 60.7 Å². The summed E-state index contributed by atoms with van der Waals surface area (Å²) in [6.45, 7) is 4.95. The number of carbonyl (C=O) groups is 1. The van der Waals surface area contributed by atoms with Crippen molar-refractivity contribution in [3.05, 3.63) is 105 Å². The van der Waals surface area contributed by atoms with E-state index in [1.54, 1.807) is 7.11 Å². The topological polar surface area (TPSA) is 77.2 Å². The highest BCUT2D eigenvalue weighted by atomic mass is 16.5. The number of nitrogens with one attached hydrogen (secondary N) is 1. The van der Waals surface area contributed by atoms with Gasteiger partial charge in [0, 0.05) is 46.1 Å². The van der Waals surface area contributed by atoms with Crippen molar-refractivity contribution in [2.75, 3.05) is 20.2 Å². The zero-order valence-electron chi connectivity index (χ0n) is 24.0. The normalized spacial score (nSPS) is 17.2. The molecular weight excluding hydrogens is 518 g/mol. The van der Waals surface area contributed by atoms with E-state index in [-0.39, 0.29) is 11.8 Å². The maximum Gasteiger partial charge on any atom is 0.252 e. The molecule has 3 aliphatic carbocycles. The van der Waals surface area contributed by atoms with Gasteiger partial charge in [0.15, 0.2) is 5.75 Å². The summed E-state index contributed by atoms with van der Waals surface area (Å²) in [4.78, 5) is 19.6. The first kappa shape index (κ1) is 25.0. The lowest BCUT2D eigenvalue weighted by atomic mass is 9.70. The number of ether oxygens (including phenoxy) is 1. The average molecular weight is 550 g/mol. The molecule has 0 fully saturated rings. The summed E-state index contributed by atoms with van der Waals surface area (Å²) in [5, 5.41) is 10.2. The lowest BCUT2D eigenvalue weighted by Crippen LogP contribution is -2.29. The van der Waals surface area contributed by atoms with Gasteiger partial charge in [-0.15, -0.1) is 0 Å². The van der Waals surface area contributed by atoms with Crippen LogP contribution in [0.5, 0.6) is 5.75 Å². The number of fused-ring (bicyclic) bond motifs is 4. The molecule has 0 aliphatic heterocycles. The molecule has 1 amide bonds. The average Bonchev–Trinajstić information content (AvgIpc) is 3.02. The second-order valence-electron chi connectivity index (χ2n) is 11.4. The second kappa shape index (κ2) is 9.13. The second-order valence-corrected chi connectivity index (χ2v) is 11.4. The summed E-state index contributed by atoms with van der Waals surface area (Å²) in [5.74, 6) is 0.745. The van der Waals surface area contributed by atoms with Crippen molar-refractivity contribution in [2.24, 2.45) is 5.73 Å². The van der Waals surface area contributed by atoms with Gasteiger partial charge < -0.3 is 15.8 Å². The lowest BCUT2D eigenvalue weighted by molar-refractivity contribution is 0.0958. The number of pyridine rings is 1. The summed E-state index contributed by atoms with van der Waals surface area (Å²) in [6.07, 6.45) is 16.2. The van der Waals surface area contributed by atoms with Gasteiger partial charge in [-0.3, -0.25) is 4.79 Å². The first-order valence-electron chi connectivity index (χ1n) is 14.6. The molecule has 1 atom stereocenters. The number of rotatable bonds is 4. The minimum atomic E-state index is -0.143. The van der Waals surface area contributed by atoms with Crippen molar-refractivity contribution < 1.29 is 9.53 Å². The van der Waals surface area contributed by atoms with Gasteiger partial charge in [0.05, 0.1) is 18.2 Å². The van der Waals surface area contributed by atoms with Gasteiger partial charge in [0.2, 0.25) is 0 Å². The Kier molecular flexibility index (Phi) is 5.44. The SMILES string of the molecule is C/C=c1/ccc2c(OC)c3nc4c5c6c(cc4c(C(=O)NCCN)c3c3ccc(C)c1c23)CC=C1C=CC=C(C=C5)C16. The Morgan fingerprint density at radius 3 is 2.71 bits per heavy atom. The van der Waals surface area contributed by atoms with Gasteiger partial charge in [-0.2, -0.15) is 0 Å². The van der Waals surface area contributed by atoms with Crippen molar-refractivity contribution in [1.29, 1.82) is 0 Å². The number of hydrogen-bond acceptors (Lipinski definition) is 4. The van der Waals surface area contributed by atoms with E-state index in [4.69, 9.17) is 15.5 Å². The van der Waals surface area contributed by atoms with Gasteiger partial charge in [0.25, 0.3) is 5.91 Å². The molecule has 8 rings (SSSR count). The lowest BCUT2D eigenvalue weighted by Gasteiger charge is -2.34. The number of hydrogen-bond donors (Lipinski definition) is 2. The number of nitrogens with two attached hydrogens (primary N) is 1. The molecule has 0 radical (unpaired) electrons. The Bertz CT molecular complexity index is 2230. The van der Waals surface area contributed by atoms with E-state index in [0.717, 1.165) is 49.7 Å². The number of allylic oxidation sites excluding steroid dienone is 7. The van der Waals surface area contributed by atoms with Crippen LogP contribution in [-0.4, -0.2) is 31.1 Å². The Morgan fingerprint density at radius 1 is 1.05 bits per heavy atom. The Balaban J connectivity index is 1.61. The molecule has 0 saturated carbocycles. The predicted molar refractivity (Wildman–Crippen MR) is 173 cm³/mol. The van der Waals surface area contributed by atoms with E-state index < -0.39 is 0 Å². The molecule has 3 N–H and O–H groups in total. The van der Waals surface area contributed by atoms with Crippen molar-refractivity contribution in [2.45, 2.75) is 26.2 Å². The molecule has 1 unspecified atom stereocenters. The fourth-order valence-electron chi connectivity index (χ4n) is 7.52. The largest absolute Gasteiger partial charge is 0.494 e. The van der Waals surface area contributed by atoms with E-state index in [9.17, 15) is 4.79 Å². The Morgan fingerprint density at radius 2 is 1.90 bits per heavy atom. The van der Waals surface area contributed by atoms with Crippen LogP contribution in [0.4, 0.5) is 0 Å². The molecule has 5 nitrogen and oxygen atoms in total. The maximum absolute atomic E-state index is 14.2. The molecule has 4 aromatic carbocycles. The molecule has 5 aromatic rings. The zero-order chi connectivity index (χ0) is 28.7. The zero-order valence-corrected chi connectivity index (χ0v) is 24.0. The summed E-state index contributed by atoms with van der Waals surface area (Å²) in [7, 11) is 1.70. The van der Waals surface area contributed by atoms with Crippen LogP contribution < -0.4 is 21.0 Å². The summed E-state index contributed by atoms with van der Waals surface area (Å²) >= 11 is 0. The highest BCUT2D eigenvalue weighted by molar-refractivity contribution is 6.31. The third kappa shape index (κ3) is 3.23. The fraction of sp³-hybridized carbons (Fsp3) is 0.189. The fourth-order valence-corrected chi connectivity index (χ4v) is 7.52. The van der Waals surface area contributed by atoms with E-state index in [1.165, 1.54) is 33.2 Å². The highest BCUT2D eigenvalue weighted by Crippen LogP contribution is 2.50. The molecule has 0 saturated heterocycles. The summed E-state index contributed by atoms with van der Waals surface area (Å²) in [5.41, 5.74) is 15.4. The highest BCUT2D eigenvalue weighted by Gasteiger charge is 2.33. The van der Waals surface area contributed by atoms with Crippen LogP contribution >= 0.6 is 0 Å². The third-order valence-corrected chi connectivity index (χ3v) is 9.28. The monoisotopic (exact) mass is 549 g/mol. The molecular formula is C37H31N3O2. The number of aryl methyl sites for hydroxylation is 1. The molecule has 42 heavy (non-hydrogen) atoms. The number of aromatic nitrogens is 1. The predicted octanol–water partition coefficient (Wildman–Crippen LogP) is 6.31. The first-order chi connectivity index (χ1) is 20.5. The van der Waals surface area contributed by atoms with E-state index >= 15 is 0 Å². The van der Waals surface area contributed by atoms with Gasteiger partial charge in [0.1, 0.15) is 5.52 Å². The van der Waals surface area contributed by atoms with Crippen molar-refractivity contribution in [1.82, 2.24) is 10.3 Å². The molecule has 1 heterocycles. The standard InChI is InChI=1S/C37H31N3O2/c1-4-20-11-15-26-31-24(13-8-19(2)28(20)31)32-33(37(41)39-17-16-38)27-18-23-10-9-21-6-5-7-22-12-14-25(30(23)29(21)22)34(27)40-35(32)36(26)42-3/h4-9,11-15,18,29H,10,16-17,38H2,1-3H3,(H,39,41)/b20-4-. The van der Waals surface area contributed by atoms with Crippen LogP contribution in [0, 0.1) is 6.92 Å². The van der Waals surface area contributed by atoms with Crippen LogP contribution in [0.2, 0.25) is 0 Å². The van der Waals surface area contributed by atoms with Crippen LogP contribution in [0.3, 0.4) is 0 Å². The minimum Gasteiger partial charge on any atom is -0.494 e. The van der Waals surface area contributed by atoms with Crippen molar-refractivity contribution in [3.63, 3.8) is 0 Å². The molecule has 206 valence electrons. The molecule has 3 aliphatic rings. The Hall–Kier alpha value is -4.74. The smallest absolute Gasteiger partial charge is 0.252 e. The number of nitrogens with zero attached hydrogens (tertiary/aromatic N) is 1. The quantitative estimate of drug-likeness (QED) is 0.204.